The molecule has 0 saturated heterocycles. The van der Waals surface area contributed by atoms with E-state index in [1.54, 1.807) is 24.3 Å². The Bertz CT molecular complexity index is 357. The standard InChI is InChI=1S/C10H9NO3/c12-10(7-4-8-11(13)14)9-5-2-1-3-6-9/h1-6,8H,7H2. The van der Waals surface area contributed by atoms with Gasteiger partial charge in [-0.05, 0) is 6.08 Å². The van der Waals surface area contributed by atoms with Gasteiger partial charge in [-0.3, -0.25) is 14.9 Å². The number of allylic oxidation sites excluding steroid dienone is 1. The fraction of sp³-hybridized carbons (Fsp3) is 0.100. The molecule has 0 atom stereocenters. The number of hydrogen-bond donors (Lipinski definition) is 0. The quantitative estimate of drug-likeness (QED) is 0.415. The molecular weight excluding hydrogens is 182 g/mol. The molecule has 1 rings (SSSR count). The Balaban J connectivity index is 2.56. The van der Waals surface area contributed by atoms with Crippen molar-refractivity contribution in [3.63, 3.8) is 0 Å². The first-order chi connectivity index (χ1) is 6.70. The summed E-state index contributed by atoms with van der Waals surface area (Å²) in [5.41, 5.74) is 0.570. The fourth-order valence-corrected chi connectivity index (χ4v) is 0.988. The normalized spacial score (nSPS) is 10.3. The third-order valence-electron chi connectivity index (χ3n) is 1.63. The maximum Gasteiger partial charge on any atom is 0.230 e. The monoisotopic (exact) mass is 191 g/mol. The van der Waals surface area contributed by atoms with Gasteiger partial charge in [0.1, 0.15) is 0 Å². The molecule has 14 heavy (non-hydrogen) atoms. The maximum absolute atomic E-state index is 11.4. The SMILES string of the molecule is O=C(CC=C[N+](=O)[O-])c1ccccc1. The molecule has 0 aliphatic rings. The first-order valence-corrected chi connectivity index (χ1v) is 4.08. The van der Waals surface area contributed by atoms with Gasteiger partial charge in [0.2, 0.25) is 6.20 Å². The van der Waals surface area contributed by atoms with Gasteiger partial charge >= 0.3 is 0 Å². The predicted molar refractivity (Wildman–Crippen MR) is 51.5 cm³/mol. The summed E-state index contributed by atoms with van der Waals surface area (Å²) < 4.78 is 0. The summed E-state index contributed by atoms with van der Waals surface area (Å²) in [7, 11) is 0. The lowest BCUT2D eigenvalue weighted by molar-refractivity contribution is -0.402. The number of Topliss-reactive ketones (excluding diaryl/α,β-unsaturated/α-hetero) is 1. The van der Waals surface area contributed by atoms with E-state index in [0.717, 1.165) is 6.20 Å². The van der Waals surface area contributed by atoms with Crippen LogP contribution in [0.2, 0.25) is 0 Å². The van der Waals surface area contributed by atoms with Crippen molar-refractivity contribution in [1.29, 1.82) is 0 Å². The number of hydrogen-bond acceptors (Lipinski definition) is 3. The molecule has 1 aromatic carbocycles. The summed E-state index contributed by atoms with van der Waals surface area (Å²) in [6.07, 6.45) is 2.08. The highest BCUT2D eigenvalue weighted by Gasteiger charge is 2.02. The summed E-state index contributed by atoms with van der Waals surface area (Å²) >= 11 is 0. The van der Waals surface area contributed by atoms with Gasteiger partial charge in [0.15, 0.2) is 5.78 Å². The molecule has 4 heteroatoms. The van der Waals surface area contributed by atoms with Gasteiger partial charge in [-0.15, -0.1) is 0 Å². The van der Waals surface area contributed by atoms with Crippen LogP contribution in [0.25, 0.3) is 0 Å². The van der Waals surface area contributed by atoms with E-state index in [0.29, 0.717) is 5.56 Å². The molecule has 72 valence electrons. The van der Waals surface area contributed by atoms with Crippen molar-refractivity contribution in [2.75, 3.05) is 0 Å². The largest absolute Gasteiger partial charge is 0.294 e. The second-order valence-electron chi connectivity index (χ2n) is 2.66. The molecular formula is C10H9NO3. The Hall–Kier alpha value is -1.97. The average Bonchev–Trinajstić information content (AvgIpc) is 2.18. The highest BCUT2D eigenvalue weighted by Crippen LogP contribution is 2.03. The lowest BCUT2D eigenvalue weighted by atomic mass is 10.1. The molecule has 0 unspecified atom stereocenters. The van der Waals surface area contributed by atoms with Crippen molar-refractivity contribution in [1.82, 2.24) is 0 Å². The predicted octanol–water partition coefficient (Wildman–Crippen LogP) is 2.05. The van der Waals surface area contributed by atoms with Crippen LogP contribution in [0.15, 0.2) is 42.6 Å². The highest BCUT2D eigenvalue weighted by atomic mass is 16.6. The second-order valence-corrected chi connectivity index (χ2v) is 2.66. The molecule has 0 amide bonds. The van der Waals surface area contributed by atoms with Gasteiger partial charge in [0.25, 0.3) is 0 Å². The van der Waals surface area contributed by atoms with Crippen LogP contribution in [-0.2, 0) is 0 Å². The van der Waals surface area contributed by atoms with Gasteiger partial charge in [0, 0.05) is 12.0 Å². The number of rotatable bonds is 4. The molecule has 0 bridgehead atoms. The summed E-state index contributed by atoms with van der Waals surface area (Å²) in [5.74, 6) is -0.122. The van der Waals surface area contributed by atoms with Crippen molar-refractivity contribution >= 4 is 5.78 Å². The van der Waals surface area contributed by atoms with Crippen LogP contribution in [0.4, 0.5) is 0 Å². The fourth-order valence-electron chi connectivity index (χ4n) is 0.988. The number of benzene rings is 1. The maximum atomic E-state index is 11.4. The molecule has 0 spiro atoms. The third-order valence-corrected chi connectivity index (χ3v) is 1.63. The van der Waals surface area contributed by atoms with Crippen LogP contribution in [0.5, 0.6) is 0 Å². The van der Waals surface area contributed by atoms with Gasteiger partial charge in [-0.1, -0.05) is 30.3 Å². The van der Waals surface area contributed by atoms with Crippen molar-refractivity contribution in [3.8, 4) is 0 Å². The van der Waals surface area contributed by atoms with E-state index in [9.17, 15) is 14.9 Å². The molecule has 4 nitrogen and oxygen atoms in total. The van der Waals surface area contributed by atoms with Crippen LogP contribution in [0.1, 0.15) is 16.8 Å². The van der Waals surface area contributed by atoms with Gasteiger partial charge in [-0.25, -0.2) is 0 Å². The summed E-state index contributed by atoms with van der Waals surface area (Å²) in [6, 6.07) is 8.68. The lowest BCUT2D eigenvalue weighted by Gasteiger charge is -1.94. The van der Waals surface area contributed by atoms with Gasteiger partial charge < -0.3 is 0 Å². The number of nitro groups is 1. The van der Waals surface area contributed by atoms with E-state index >= 15 is 0 Å². The number of nitrogens with zero attached hydrogens (tertiary/aromatic N) is 1. The summed E-state index contributed by atoms with van der Waals surface area (Å²) in [4.78, 5) is 20.7. The Labute approximate surface area is 81.0 Å². The topological polar surface area (TPSA) is 60.2 Å². The number of carbonyl (C=O) groups is 1. The van der Waals surface area contributed by atoms with Crippen molar-refractivity contribution in [3.05, 3.63) is 58.3 Å². The van der Waals surface area contributed by atoms with E-state index in [4.69, 9.17) is 0 Å². The Morgan fingerprint density at radius 3 is 2.57 bits per heavy atom. The molecule has 1 aromatic rings. The molecule has 0 aromatic heterocycles. The van der Waals surface area contributed by atoms with Crippen molar-refractivity contribution < 1.29 is 9.72 Å². The second kappa shape index (κ2) is 4.91. The Morgan fingerprint density at radius 1 is 1.36 bits per heavy atom. The molecule has 0 fully saturated rings. The van der Waals surface area contributed by atoms with Crippen molar-refractivity contribution in [2.24, 2.45) is 0 Å². The van der Waals surface area contributed by atoms with E-state index in [2.05, 4.69) is 0 Å². The molecule has 0 N–H and O–H groups in total. The molecule has 0 heterocycles. The highest BCUT2D eigenvalue weighted by molar-refractivity contribution is 5.96. The molecule has 0 radical (unpaired) electrons. The zero-order valence-corrected chi connectivity index (χ0v) is 7.42. The molecule has 0 aliphatic heterocycles. The van der Waals surface area contributed by atoms with Gasteiger partial charge in [0.05, 0.1) is 4.92 Å². The molecule has 0 aliphatic carbocycles. The zero-order valence-electron chi connectivity index (χ0n) is 7.42. The number of carbonyl (C=O) groups excluding carboxylic acids is 1. The van der Waals surface area contributed by atoms with Gasteiger partial charge in [-0.2, -0.15) is 0 Å². The minimum Gasteiger partial charge on any atom is -0.294 e. The van der Waals surface area contributed by atoms with Crippen LogP contribution in [-0.4, -0.2) is 10.7 Å². The zero-order chi connectivity index (χ0) is 10.4. The third kappa shape index (κ3) is 3.18. The van der Waals surface area contributed by atoms with Crippen molar-refractivity contribution in [2.45, 2.75) is 6.42 Å². The molecule has 0 saturated carbocycles. The smallest absolute Gasteiger partial charge is 0.230 e. The first kappa shape index (κ1) is 10.1. The summed E-state index contributed by atoms with van der Waals surface area (Å²) in [5, 5.41) is 9.92. The van der Waals surface area contributed by atoms with E-state index in [-0.39, 0.29) is 12.2 Å². The Kier molecular flexibility index (Phi) is 3.55. The Morgan fingerprint density at radius 2 is 2.00 bits per heavy atom. The van der Waals surface area contributed by atoms with E-state index < -0.39 is 4.92 Å². The minimum atomic E-state index is -0.585. The van der Waals surface area contributed by atoms with Crippen LogP contribution in [0, 0.1) is 10.1 Å². The first-order valence-electron chi connectivity index (χ1n) is 4.08. The van der Waals surface area contributed by atoms with Crippen LogP contribution < -0.4 is 0 Å². The summed E-state index contributed by atoms with van der Waals surface area (Å²) in [6.45, 7) is 0. The van der Waals surface area contributed by atoms with Crippen LogP contribution >= 0.6 is 0 Å². The average molecular weight is 191 g/mol. The van der Waals surface area contributed by atoms with E-state index in [1.165, 1.54) is 6.08 Å². The number of ketones is 1. The minimum absolute atomic E-state index is 0.0605. The lowest BCUT2D eigenvalue weighted by Crippen LogP contribution is -1.96. The van der Waals surface area contributed by atoms with E-state index in [1.807, 2.05) is 6.07 Å². The van der Waals surface area contributed by atoms with Crippen LogP contribution in [0.3, 0.4) is 0 Å².